The topological polar surface area (TPSA) is 99.2 Å². The Kier molecular flexibility index (Phi) is 6.49. The van der Waals surface area contributed by atoms with Crippen LogP contribution >= 0.6 is 0 Å². The monoisotopic (exact) mass is 548 g/mol. The van der Waals surface area contributed by atoms with Crippen LogP contribution in [-0.2, 0) is 17.3 Å². The molecule has 8 heteroatoms. The van der Waals surface area contributed by atoms with E-state index < -0.39 is 17.2 Å². The highest BCUT2D eigenvalue weighted by molar-refractivity contribution is 6.06. The van der Waals surface area contributed by atoms with Crippen molar-refractivity contribution in [3.63, 3.8) is 0 Å². The lowest BCUT2D eigenvalue weighted by atomic mass is 9.71. The smallest absolute Gasteiger partial charge is 0.408 e. The molecule has 3 aromatic heterocycles. The number of benzene rings is 2. The fourth-order valence-corrected chi connectivity index (χ4v) is 5.50. The normalized spacial score (nSPS) is 14.4. The summed E-state index contributed by atoms with van der Waals surface area (Å²) in [5.41, 5.74) is 4.24. The average molecular weight is 549 g/mol. The van der Waals surface area contributed by atoms with E-state index in [0.29, 0.717) is 16.7 Å². The molecule has 1 amide bonds. The van der Waals surface area contributed by atoms with E-state index in [1.807, 2.05) is 75.4 Å². The first kappa shape index (κ1) is 26.5. The zero-order valence-corrected chi connectivity index (χ0v) is 23.6. The Balaban J connectivity index is 1.49. The molecular formula is C33H32N4O4. The van der Waals surface area contributed by atoms with Gasteiger partial charge in [0.2, 0.25) is 0 Å². The number of aromatic nitrogens is 3. The van der Waals surface area contributed by atoms with E-state index in [-0.39, 0.29) is 5.56 Å². The molecule has 0 aliphatic heterocycles. The zero-order chi connectivity index (χ0) is 28.8. The number of ether oxygens (including phenoxy) is 1. The van der Waals surface area contributed by atoms with Crippen molar-refractivity contribution in [3.8, 4) is 33.6 Å². The second kappa shape index (κ2) is 10.0. The second-order valence-corrected chi connectivity index (χ2v) is 11.6. The minimum atomic E-state index is -0.574. The zero-order valence-electron chi connectivity index (χ0n) is 23.6. The van der Waals surface area contributed by atoms with Gasteiger partial charge >= 0.3 is 6.09 Å². The first-order valence-corrected chi connectivity index (χ1v) is 13.7. The fourth-order valence-electron chi connectivity index (χ4n) is 5.50. The largest absolute Gasteiger partial charge is 0.454 e. The highest BCUT2D eigenvalue weighted by Gasteiger charge is 2.41. The molecule has 1 saturated carbocycles. The van der Waals surface area contributed by atoms with Gasteiger partial charge < -0.3 is 19.0 Å². The number of aryl methyl sites for hydroxylation is 1. The van der Waals surface area contributed by atoms with Crippen molar-refractivity contribution in [2.75, 3.05) is 0 Å². The van der Waals surface area contributed by atoms with Crippen LogP contribution in [0.4, 0.5) is 4.79 Å². The lowest BCUT2D eigenvalue weighted by Crippen LogP contribution is -2.52. The van der Waals surface area contributed by atoms with Crippen molar-refractivity contribution in [2.24, 2.45) is 7.05 Å². The Morgan fingerprint density at radius 1 is 0.976 bits per heavy atom. The van der Waals surface area contributed by atoms with Gasteiger partial charge in [0, 0.05) is 47.9 Å². The van der Waals surface area contributed by atoms with Crippen LogP contribution in [0.15, 0.2) is 88.7 Å². The van der Waals surface area contributed by atoms with Gasteiger partial charge in [-0.3, -0.25) is 4.79 Å². The number of pyridine rings is 1. The summed E-state index contributed by atoms with van der Waals surface area (Å²) in [6, 6.07) is 17.8. The summed E-state index contributed by atoms with van der Waals surface area (Å²) in [6.45, 7) is 5.57. The van der Waals surface area contributed by atoms with Crippen molar-refractivity contribution in [1.82, 2.24) is 19.9 Å². The SMILES string of the molecule is Cn1cc(-c2cncnc2)c2oc(-c3ccc(C4(NC(=O)OC(C)(C)C)CCC4)cc3)c(-c3ccccc3)c2c1=O. The minimum Gasteiger partial charge on any atom is -0.454 e. The Morgan fingerprint density at radius 2 is 1.66 bits per heavy atom. The van der Waals surface area contributed by atoms with Crippen LogP contribution in [0.5, 0.6) is 0 Å². The predicted octanol–water partition coefficient (Wildman–Crippen LogP) is 6.83. The van der Waals surface area contributed by atoms with E-state index in [9.17, 15) is 9.59 Å². The number of alkyl carbamates (subject to hydrolysis) is 1. The number of hydrogen-bond acceptors (Lipinski definition) is 6. The number of nitrogens with one attached hydrogen (secondary N) is 1. The summed E-state index contributed by atoms with van der Waals surface area (Å²) in [6.07, 6.45) is 8.93. The maximum Gasteiger partial charge on any atom is 0.408 e. The molecule has 0 spiro atoms. The quantitative estimate of drug-likeness (QED) is 0.259. The number of rotatable bonds is 5. The highest BCUT2D eigenvalue weighted by atomic mass is 16.6. The number of hydrogen-bond donors (Lipinski definition) is 1. The van der Waals surface area contributed by atoms with Gasteiger partial charge in [0.1, 0.15) is 23.3 Å². The van der Waals surface area contributed by atoms with Crippen LogP contribution < -0.4 is 10.9 Å². The third kappa shape index (κ3) is 4.90. The third-order valence-corrected chi connectivity index (χ3v) is 7.59. The molecule has 1 aliphatic carbocycles. The van der Waals surface area contributed by atoms with Gasteiger partial charge in [-0.2, -0.15) is 0 Å². The van der Waals surface area contributed by atoms with Crippen molar-refractivity contribution in [1.29, 1.82) is 0 Å². The van der Waals surface area contributed by atoms with Gasteiger partial charge in [-0.05, 0) is 51.2 Å². The summed E-state index contributed by atoms with van der Waals surface area (Å²) in [5, 5.41) is 3.62. The van der Waals surface area contributed by atoms with Crippen LogP contribution in [0.25, 0.3) is 44.5 Å². The van der Waals surface area contributed by atoms with Crippen LogP contribution in [0.1, 0.15) is 45.6 Å². The standard InChI is InChI=1S/C33H32N4O4/c1-32(2,3)41-31(39)36-33(15-8-16-33)24-13-11-22(12-14-24)28-26(21-9-6-5-7-10-21)27-29(40-28)25(19-37(4)30(27)38)23-17-34-20-35-18-23/h5-7,9-14,17-20H,8,15-16H2,1-4H3,(H,36,39). The van der Waals surface area contributed by atoms with Gasteiger partial charge in [0.15, 0.2) is 0 Å². The highest BCUT2D eigenvalue weighted by Crippen LogP contribution is 2.45. The lowest BCUT2D eigenvalue weighted by molar-refractivity contribution is 0.0377. The number of furan rings is 1. The fraction of sp³-hybridized carbons (Fsp3) is 0.273. The summed E-state index contributed by atoms with van der Waals surface area (Å²) in [5.74, 6) is 0.599. The molecule has 208 valence electrons. The van der Waals surface area contributed by atoms with Crippen molar-refractivity contribution < 1.29 is 13.9 Å². The number of carbonyl (C=O) groups is 1. The molecule has 1 aliphatic rings. The van der Waals surface area contributed by atoms with Crippen LogP contribution in [-0.4, -0.2) is 26.2 Å². The molecule has 1 fully saturated rings. The average Bonchev–Trinajstić information content (AvgIpc) is 3.34. The number of amides is 1. The van der Waals surface area contributed by atoms with E-state index >= 15 is 0 Å². The summed E-state index contributed by atoms with van der Waals surface area (Å²) in [4.78, 5) is 34.6. The number of carbonyl (C=O) groups excluding carboxylic acids is 1. The van der Waals surface area contributed by atoms with E-state index in [1.54, 1.807) is 30.2 Å². The molecule has 1 N–H and O–H groups in total. The number of nitrogens with zero attached hydrogens (tertiary/aromatic N) is 3. The predicted molar refractivity (Wildman–Crippen MR) is 158 cm³/mol. The van der Waals surface area contributed by atoms with Crippen LogP contribution in [0.3, 0.4) is 0 Å². The molecule has 0 unspecified atom stereocenters. The Labute approximate surface area is 238 Å². The maximum atomic E-state index is 13.6. The Hall–Kier alpha value is -4.72. The third-order valence-electron chi connectivity index (χ3n) is 7.59. The van der Waals surface area contributed by atoms with Gasteiger partial charge in [-0.25, -0.2) is 14.8 Å². The summed E-state index contributed by atoms with van der Waals surface area (Å²) in [7, 11) is 1.74. The van der Waals surface area contributed by atoms with Gasteiger partial charge in [-0.15, -0.1) is 0 Å². The van der Waals surface area contributed by atoms with Crippen molar-refractivity contribution in [2.45, 2.75) is 51.2 Å². The molecule has 3 heterocycles. The molecule has 0 saturated heterocycles. The molecule has 8 nitrogen and oxygen atoms in total. The minimum absolute atomic E-state index is 0.152. The van der Waals surface area contributed by atoms with Gasteiger partial charge in [0.25, 0.3) is 5.56 Å². The Morgan fingerprint density at radius 3 is 2.27 bits per heavy atom. The van der Waals surface area contributed by atoms with Gasteiger partial charge in [0.05, 0.1) is 10.9 Å². The van der Waals surface area contributed by atoms with E-state index in [4.69, 9.17) is 9.15 Å². The van der Waals surface area contributed by atoms with Crippen molar-refractivity contribution >= 4 is 17.1 Å². The summed E-state index contributed by atoms with van der Waals surface area (Å²) >= 11 is 0. The molecule has 6 rings (SSSR count). The molecular weight excluding hydrogens is 516 g/mol. The summed E-state index contributed by atoms with van der Waals surface area (Å²) < 4.78 is 13.7. The van der Waals surface area contributed by atoms with Crippen LogP contribution in [0.2, 0.25) is 0 Å². The molecule has 41 heavy (non-hydrogen) atoms. The first-order chi connectivity index (χ1) is 19.7. The molecule has 2 aromatic carbocycles. The van der Waals surface area contributed by atoms with Crippen molar-refractivity contribution in [3.05, 3.63) is 95.4 Å². The van der Waals surface area contributed by atoms with Gasteiger partial charge in [-0.1, -0.05) is 54.6 Å². The first-order valence-electron chi connectivity index (χ1n) is 13.7. The molecule has 0 radical (unpaired) electrons. The van der Waals surface area contributed by atoms with Crippen LogP contribution in [0, 0.1) is 0 Å². The number of fused-ring (bicyclic) bond motifs is 1. The molecule has 0 bridgehead atoms. The molecule has 5 aromatic rings. The lowest BCUT2D eigenvalue weighted by Gasteiger charge is -2.43. The maximum absolute atomic E-state index is 13.6. The molecule has 0 atom stereocenters. The Bertz CT molecular complexity index is 1780. The van der Waals surface area contributed by atoms with E-state index in [1.165, 1.54) is 6.33 Å². The van der Waals surface area contributed by atoms with E-state index in [2.05, 4.69) is 15.3 Å². The second-order valence-electron chi connectivity index (χ2n) is 11.6. The van der Waals surface area contributed by atoms with E-state index in [0.717, 1.165) is 52.6 Å².